The second kappa shape index (κ2) is 16.7. The molecule has 0 unspecified atom stereocenters. The molecular formula is C66H45BN2OSi. The number of ether oxygens (including phenoxy) is 1. The highest BCUT2D eigenvalue weighted by molar-refractivity contribution is 7.20. The van der Waals surface area contributed by atoms with E-state index in [1.165, 1.54) is 70.4 Å². The summed E-state index contributed by atoms with van der Waals surface area (Å²) in [5.74, 6) is 1.74. The first-order valence-electron chi connectivity index (χ1n) is 24.5. The van der Waals surface area contributed by atoms with Crippen molar-refractivity contribution < 1.29 is 4.74 Å². The van der Waals surface area contributed by atoms with Gasteiger partial charge >= 0.3 is 6.85 Å². The van der Waals surface area contributed by atoms with Crippen LogP contribution in [0.2, 0.25) is 0 Å². The van der Waals surface area contributed by atoms with Gasteiger partial charge in [0.25, 0.3) is 0 Å². The van der Waals surface area contributed by atoms with Gasteiger partial charge in [-0.1, -0.05) is 218 Å². The predicted molar refractivity (Wildman–Crippen MR) is 301 cm³/mol. The number of anilines is 2. The van der Waals surface area contributed by atoms with Crippen LogP contribution in [-0.2, 0) is 0 Å². The van der Waals surface area contributed by atoms with Gasteiger partial charge in [-0.15, -0.1) is 0 Å². The van der Waals surface area contributed by atoms with E-state index in [4.69, 9.17) is 4.74 Å². The Kier molecular flexibility index (Phi) is 9.65. The quantitative estimate of drug-likeness (QED) is 0.112. The molecule has 0 fully saturated rings. The van der Waals surface area contributed by atoms with Gasteiger partial charge in [0.1, 0.15) is 11.5 Å². The van der Waals surface area contributed by atoms with E-state index in [0.717, 1.165) is 45.0 Å². The van der Waals surface area contributed by atoms with Crippen LogP contribution in [0.25, 0.3) is 60.9 Å². The lowest BCUT2D eigenvalue weighted by molar-refractivity contribution is 0.487. The number of hydrogen-bond donors (Lipinski definition) is 0. The Morgan fingerprint density at radius 3 is 1.51 bits per heavy atom. The van der Waals surface area contributed by atoms with Gasteiger partial charge in [-0.25, -0.2) is 0 Å². The molecule has 0 bridgehead atoms. The fourth-order valence-electron chi connectivity index (χ4n) is 12.0. The van der Waals surface area contributed by atoms with Crippen molar-refractivity contribution in [2.75, 3.05) is 4.81 Å². The summed E-state index contributed by atoms with van der Waals surface area (Å²) >= 11 is 0. The minimum atomic E-state index is -2.77. The molecule has 0 amide bonds. The van der Waals surface area contributed by atoms with Crippen LogP contribution < -0.4 is 41.2 Å². The molecule has 0 saturated carbocycles. The minimum absolute atomic E-state index is 0.169. The lowest BCUT2D eigenvalue weighted by Crippen LogP contribution is -2.74. The Morgan fingerprint density at radius 2 is 0.859 bits per heavy atom. The molecule has 0 saturated heterocycles. The third-order valence-corrected chi connectivity index (χ3v) is 19.7. The molecule has 0 atom stereocenters. The highest BCUT2D eigenvalue weighted by atomic mass is 28.3. The van der Waals surface area contributed by atoms with E-state index in [-0.39, 0.29) is 6.85 Å². The highest BCUT2D eigenvalue weighted by Gasteiger charge is 2.45. The summed E-state index contributed by atoms with van der Waals surface area (Å²) in [6, 6.07) is 101. The van der Waals surface area contributed by atoms with Crippen molar-refractivity contribution in [3.63, 3.8) is 0 Å². The molecule has 3 nitrogen and oxygen atoms in total. The zero-order valence-corrected chi connectivity index (χ0v) is 39.9. The summed E-state index contributed by atoms with van der Waals surface area (Å²) in [5, 5.41) is 7.89. The van der Waals surface area contributed by atoms with Gasteiger partial charge in [0.15, 0.2) is 8.07 Å². The SMILES string of the molecule is c1ccc(N2B3c4cc(-c5cccc([Si](c6ccccc6)(c6ccccc6)c6ccccc6)c5)ccc4Oc4cc(-c5ccccc5-n5c6ccccc6c6ccccc65)cc(c43)-c3ccccc32)cc1. The second-order valence-corrected chi connectivity index (χ2v) is 22.5. The van der Waals surface area contributed by atoms with Crippen LogP contribution in [0.4, 0.5) is 11.4 Å². The molecular weight excluding hydrogens is 876 g/mol. The molecule has 332 valence electrons. The number of rotatable bonds is 8. The summed E-state index contributed by atoms with van der Waals surface area (Å²) in [7, 11) is -2.77. The van der Waals surface area contributed by atoms with Crippen molar-refractivity contribution in [2.45, 2.75) is 0 Å². The molecule has 0 radical (unpaired) electrons. The fourth-order valence-corrected chi connectivity index (χ4v) is 16.8. The van der Waals surface area contributed by atoms with Crippen molar-refractivity contribution in [2.24, 2.45) is 0 Å². The molecule has 5 heteroatoms. The van der Waals surface area contributed by atoms with E-state index >= 15 is 0 Å². The molecule has 0 aliphatic carbocycles. The van der Waals surface area contributed by atoms with E-state index in [1.54, 1.807) is 0 Å². The average molecular weight is 921 g/mol. The molecule has 71 heavy (non-hydrogen) atoms. The monoisotopic (exact) mass is 920 g/mol. The van der Waals surface area contributed by atoms with E-state index < -0.39 is 8.07 Å². The van der Waals surface area contributed by atoms with Crippen LogP contribution in [-0.4, -0.2) is 19.5 Å². The maximum absolute atomic E-state index is 7.27. The van der Waals surface area contributed by atoms with Crippen molar-refractivity contribution in [3.05, 3.63) is 273 Å². The minimum Gasteiger partial charge on any atom is -0.458 e. The predicted octanol–water partition coefficient (Wildman–Crippen LogP) is 12.5. The standard InChI is InChI=1S/C66H45BN2OSi/c1-5-23-49(24-6-1)69-63-39-20-16-35-57(63)58-43-48(54-32-13-17-36-60(54)68-61-37-18-14-33-55(61)56-34-15-19-38-62(56)68)45-65-66(58)67(69)59-44-47(40-41-64(59)70-65)46-22-21-31-53(42-46)71(50-25-7-2-8-26-50,51-27-9-3-10-28-51)52-29-11-4-12-30-52/h1-45H. The summed E-state index contributed by atoms with van der Waals surface area (Å²) in [6.45, 7) is -0.169. The number of aromatic nitrogens is 1. The van der Waals surface area contributed by atoms with Crippen molar-refractivity contribution in [1.82, 2.24) is 4.57 Å². The molecule has 12 aromatic rings. The summed E-state index contributed by atoms with van der Waals surface area (Å²) in [4.78, 5) is 2.53. The average Bonchev–Trinajstić information content (AvgIpc) is 3.79. The number of para-hydroxylation sites is 5. The molecule has 3 heterocycles. The van der Waals surface area contributed by atoms with E-state index in [2.05, 4.69) is 282 Å². The Hall–Kier alpha value is -8.90. The van der Waals surface area contributed by atoms with Crippen molar-refractivity contribution >= 4 is 79.8 Å². The molecule has 1 aromatic heterocycles. The lowest BCUT2D eigenvalue weighted by Gasteiger charge is -2.42. The largest absolute Gasteiger partial charge is 0.458 e. The Morgan fingerprint density at radius 1 is 0.338 bits per heavy atom. The van der Waals surface area contributed by atoms with Gasteiger partial charge in [-0.05, 0) is 103 Å². The second-order valence-electron chi connectivity index (χ2n) is 18.7. The maximum atomic E-state index is 7.27. The van der Waals surface area contributed by atoms with Crippen molar-refractivity contribution in [3.8, 4) is 50.6 Å². The maximum Gasteiger partial charge on any atom is 0.336 e. The number of benzene rings is 11. The third-order valence-electron chi connectivity index (χ3n) is 15.0. The molecule has 14 rings (SSSR count). The first kappa shape index (κ1) is 41.1. The number of nitrogens with zero attached hydrogens (tertiary/aromatic N) is 2. The van der Waals surface area contributed by atoms with Gasteiger partial charge in [0, 0.05) is 38.7 Å². The third kappa shape index (κ3) is 6.44. The van der Waals surface area contributed by atoms with Gasteiger partial charge in [0.2, 0.25) is 0 Å². The molecule has 2 aliphatic rings. The van der Waals surface area contributed by atoms with Crippen LogP contribution in [0.3, 0.4) is 0 Å². The number of fused-ring (bicyclic) bond motifs is 7. The zero-order valence-electron chi connectivity index (χ0n) is 38.9. The highest BCUT2D eigenvalue weighted by Crippen LogP contribution is 2.47. The Balaban J connectivity index is 0.966. The van der Waals surface area contributed by atoms with Crippen LogP contribution in [0, 0.1) is 0 Å². The topological polar surface area (TPSA) is 17.4 Å². The molecule has 0 N–H and O–H groups in total. The number of hydrogen-bond acceptors (Lipinski definition) is 2. The van der Waals surface area contributed by atoms with Crippen LogP contribution in [0.1, 0.15) is 0 Å². The Bertz CT molecular complexity index is 3840. The van der Waals surface area contributed by atoms with E-state index in [1.807, 2.05) is 0 Å². The van der Waals surface area contributed by atoms with Crippen LogP contribution in [0.5, 0.6) is 11.5 Å². The summed E-state index contributed by atoms with van der Waals surface area (Å²) < 4.78 is 9.70. The molecule has 0 spiro atoms. The zero-order chi connectivity index (χ0) is 46.9. The summed E-state index contributed by atoms with van der Waals surface area (Å²) in [6.07, 6.45) is 0. The normalized spacial score (nSPS) is 12.6. The van der Waals surface area contributed by atoms with Gasteiger partial charge in [-0.2, -0.15) is 0 Å². The first-order valence-corrected chi connectivity index (χ1v) is 26.5. The van der Waals surface area contributed by atoms with Crippen LogP contribution >= 0.6 is 0 Å². The fraction of sp³-hybridized carbons (Fsp3) is 0. The van der Waals surface area contributed by atoms with E-state index in [0.29, 0.717) is 0 Å². The van der Waals surface area contributed by atoms with Gasteiger partial charge in [-0.3, -0.25) is 0 Å². The van der Waals surface area contributed by atoms with E-state index in [9.17, 15) is 0 Å². The van der Waals surface area contributed by atoms with Crippen molar-refractivity contribution in [1.29, 1.82) is 0 Å². The van der Waals surface area contributed by atoms with Gasteiger partial charge < -0.3 is 14.1 Å². The Labute approximate surface area is 415 Å². The van der Waals surface area contributed by atoms with Crippen LogP contribution in [0.15, 0.2) is 273 Å². The first-order chi connectivity index (χ1) is 35.2. The smallest absolute Gasteiger partial charge is 0.336 e. The molecule has 11 aromatic carbocycles. The lowest BCUT2D eigenvalue weighted by atomic mass is 9.44. The molecule has 2 aliphatic heterocycles. The van der Waals surface area contributed by atoms with Gasteiger partial charge in [0.05, 0.1) is 16.7 Å². The summed E-state index contributed by atoms with van der Waals surface area (Å²) in [5.41, 5.74) is 15.1.